The Morgan fingerprint density at radius 3 is 2.23 bits per heavy atom. The van der Waals surface area contributed by atoms with Gasteiger partial charge in [0.15, 0.2) is 18.4 Å². The van der Waals surface area contributed by atoms with Crippen LogP contribution in [0.1, 0.15) is 20.8 Å². The van der Waals surface area contributed by atoms with Crippen molar-refractivity contribution in [3.8, 4) is 0 Å². The van der Waals surface area contributed by atoms with E-state index in [0.29, 0.717) is 0 Å². The Labute approximate surface area is 151 Å². The lowest BCUT2D eigenvalue weighted by Gasteiger charge is -2.50. The van der Waals surface area contributed by atoms with Gasteiger partial charge >= 0.3 is 0 Å². The summed E-state index contributed by atoms with van der Waals surface area (Å²) in [6.45, 7) is 5.19. The van der Waals surface area contributed by atoms with Crippen molar-refractivity contribution in [2.75, 3.05) is 13.7 Å². The molecule has 0 saturated carbocycles. The highest BCUT2D eigenvalue weighted by atomic mass is 16.8. The van der Waals surface area contributed by atoms with Crippen LogP contribution in [0.5, 0.6) is 0 Å². The third kappa shape index (κ3) is 3.76. The van der Waals surface area contributed by atoms with E-state index in [1.54, 1.807) is 20.8 Å². The van der Waals surface area contributed by atoms with Crippen LogP contribution in [0.2, 0.25) is 0 Å². The maximum atomic E-state index is 10.4. The van der Waals surface area contributed by atoms with Crippen molar-refractivity contribution in [1.82, 2.24) is 0 Å². The highest BCUT2D eigenvalue weighted by molar-refractivity contribution is 4.95. The molecule has 3 rings (SSSR count). The highest BCUT2D eigenvalue weighted by Gasteiger charge is 2.53. The summed E-state index contributed by atoms with van der Waals surface area (Å²) in [7, 11) is 1.35. The van der Waals surface area contributed by atoms with Crippen LogP contribution >= 0.6 is 0 Å². The standard InChI is InChI=1S/C16H28O10/c1-6-12(8(17)10(19)14(21-4)23-6)25-15-11(20)9(18)13-7(24-15)5-22-16(2,3)26-13/h6-15,17-20H,5H2,1-4H3/t6?,7?,8-,9-,10?,11?,12+,13+,14+,15-/m0/s1. The topological polar surface area (TPSA) is 136 Å². The molecule has 3 heterocycles. The zero-order valence-electron chi connectivity index (χ0n) is 15.2. The van der Waals surface area contributed by atoms with E-state index in [9.17, 15) is 20.4 Å². The van der Waals surface area contributed by atoms with Crippen molar-refractivity contribution in [2.24, 2.45) is 0 Å². The average molecular weight is 380 g/mol. The second-order valence-corrected chi connectivity index (χ2v) is 7.34. The van der Waals surface area contributed by atoms with Gasteiger partial charge in [-0.2, -0.15) is 0 Å². The lowest BCUT2D eigenvalue weighted by atomic mass is 9.96. The molecule has 3 aliphatic rings. The van der Waals surface area contributed by atoms with E-state index in [1.807, 2.05) is 0 Å². The van der Waals surface area contributed by atoms with Gasteiger partial charge in [0.2, 0.25) is 0 Å². The molecule has 0 amide bonds. The first-order valence-corrected chi connectivity index (χ1v) is 8.68. The SMILES string of the molecule is CO[C@@H]1OC(C)[C@@H](O[C@@H]2OC3COC(C)(C)O[C@H]3[C@@H](O)C2O)[C@@H](O)C1O. The quantitative estimate of drug-likeness (QED) is 0.439. The van der Waals surface area contributed by atoms with Gasteiger partial charge in [-0.3, -0.25) is 0 Å². The third-order valence-electron chi connectivity index (χ3n) is 4.96. The Balaban J connectivity index is 1.68. The van der Waals surface area contributed by atoms with E-state index in [4.69, 9.17) is 28.4 Å². The Morgan fingerprint density at radius 2 is 1.58 bits per heavy atom. The minimum Gasteiger partial charge on any atom is -0.387 e. The molecule has 4 unspecified atom stereocenters. The molecule has 10 nitrogen and oxygen atoms in total. The first-order valence-electron chi connectivity index (χ1n) is 8.68. The van der Waals surface area contributed by atoms with Crippen LogP contribution in [0.25, 0.3) is 0 Å². The van der Waals surface area contributed by atoms with Crippen molar-refractivity contribution < 1.29 is 48.8 Å². The number of hydrogen-bond acceptors (Lipinski definition) is 10. The van der Waals surface area contributed by atoms with Crippen LogP contribution in [0, 0.1) is 0 Å². The molecule has 10 atom stereocenters. The van der Waals surface area contributed by atoms with Gasteiger partial charge in [0, 0.05) is 7.11 Å². The van der Waals surface area contributed by atoms with Gasteiger partial charge in [0.05, 0.1) is 12.7 Å². The number of hydrogen-bond donors (Lipinski definition) is 4. The second kappa shape index (κ2) is 7.55. The lowest BCUT2D eigenvalue weighted by Crippen LogP contribution is -2.66. The van der Waals surface area contributed by atoms with E-state index >= 15 is 0 Å². The van der Waals surface area contributed by atoms with E-state index in [0.717, 1.165) is 0 Å². The van der Waals surface area contributed by atoms with Gasteiger partial charge in [-0.1, -0.05) is 0 Å². The Bertz CT molecular complexity index is 486. The molecule has 0 spiro atoms. The molecule has 3 saturated heterocycles. The van der Waals surface area contributed by atoms with E-state index in [2.05, 4.69) is 0 Å². The zero-order chi connectivity index (χ0) is 19.2. The highest BCUT2D eigenvalue weighted by Crippen LogP contribution is 2.34. The normalized spacial score (nSPS) is 51.7. The summed E-state index contributed by atoms with van der Waals surface area (Å²) in [6, 6.07) is 0. The molecule has 26 heavy (non-hydrogen) atoms. The van der Waals surface area contributed by atoms with Gasteiger partial charge in [0.1, 0.15) is 42.7 Å². The third-order valence-corrected chi connectivity index (χ3v) is 4.96. The number of aliphatic hydroxyl groups excluding tert-OH is 4. The molecular weight excluding hydrogens is 352 g/mol. The van der Waals surface area contributed by atoms with Gasteiger partial charge in [-0.15, -0.1) is 0 Å². The van der Waals surface area contributed by atoms with Crippen LogP contribution < -0.4 is 0 Å². The minimum absolute atomic E-state index is 0.148. The average Bonchev–Trinajstić information content (AvgIpc) is 2.59. The summed E-state index contributed by atoms with van der Waals surface area (Å²) in [6.07, 6.45) is -10.7. The van der Waals surface area contributed by atoms with Crippen molar-refractivity contribution in [2.45, 2.75) is 88.0 Å². The predicted molar refractivity (Wildman–Crippen MR) is 83.8 cm³/mol. The van der Waals surface area contributed by atoms with Crippen molar-refractivity contribution >= 4 is 0 Å². The van der Waals surface area contributed by atoms with E-state index in [1.165, 1.54) is 7.11 Å². The summed E-state index contributed by atoms with van der Waals surface area (Å²) in [5.74, 6) is -0.903. The van der Waals surface area contributed by atoms with Gasteiger partial charge in [-0.25, -0.2) is 0 Å². The molecule has 0 aromatic heterocycles. The van der Waals surface area contributed by atoms with E-state index < -0.39 is 67.2 Å². The molecule has 10 heteroatoms. The second-order valence-electron chi connectivity index (χ2n) is 7.34. The van der Waals surface area contributed by atoms with Crippen molar-refractivity contribution in [3.05, 3.63) is 0 Å². The maximum Gasteiger partial charge on any atom is 0.187 e. The molecule has 152 valence electrons. The summed E-state index contributed by atoms with van der Waals surface area (Å²) in [5.41, 5.74) is 0. The molecule has 3 fully saturated rings. The molecule has 0 bridgehead atoms. The smallest absolute Gasteiger partial charge is 0.187 e. The molecule has 4 N–H and O–H groups in total. The van der Waals surface area contributed by atoms with Gasteiger partial charge in [0.25, 0.3) is 0 Å². The first kappa shape index (κ1) is 20.3. The van der Waals surface area contributed by atoms with Crippen molar-refractivity contribution in [3.63, 3.8) is 0 Å². The van der Waals surface area contributed by atoms with Crippen LogP contribution in [0.4, 0.5) is 0 Å². The fourth-order valence-corrected chi connectivity index (χ4v) is 3.49. The largest absolute Gasteiger partial charge is 0.387 e. The summed E-state index contributed by atoms with van der Waals surface area (Å²) >= 11 is 0. The minimum atomic E-state index is -1.41. The summed E-state index contributed by atoms with van der Waals surface area (Å²) < 4.78 is 33.0. The molecular formula is C16H28O10. The van der Waals surface area contributed by atoms with Crippen LogP contribution in [0.15, 0.2) is 0 Å². The van der Waals surface area contributed by atoms with Gasteiger partial charge < -0.3 is 48.8 Å². The monoisotopic (exact) mass is 380 g/mol. The predicted octanol–water partition coefficient (Wildman–Crippen LogP) is -1.92. The number of rotatable bonds is 3. The molecule has 3 aliphatic heterocycles. The Morgan fingerprint density at radius 1 is 0.923 bits per heavy atom. The molecule has 0 aromatic carbocycles. The number of methoxy groups -OCH3 is 1. The number of fused-ring (bicyclic) bond motifs is 1. The van der Waals surface area contributed by atoms with Crippen molar-refractivity contribution in [1.29, 1.82) is 0 Å². The Hall–Kier alpha value is -0.400. The molecule has 0 aliphatic carbocycles. The lowest BCUT2D eigenvalue weighted by molar-refractivity contribution is -0.397. The van der Waals surface area contributed by atoms with Gasteiger partial charge in [-0.05, 0) is 20.8 Å². The molecule has 0 aromatic rings. The summed E-state index contributed by atoms with van der Waals surface area (Å²) in [4.78, 5) is 0. The van der Waals surface area contributed by atoms with Crippen LogP contribution in [0.3, 0.4) is 0 Å². The first-order chi connectivity index (χ1) is 12.1. The number of aliphatic hydroxyl groups is 4. The summed E-state index contributed by atoms with van der Waals surface area (Å²) in [5, 5.41) is 41.2. The molecule has 0 radical (unpaired) electrons. The Kier molecular flexibility index (Phi) is 5.91. The fourth-order valence-electron chi connectivity index (χ4n) is 3.49. The van der Waals surface area contributed by atoms with Crippen LogP contribution in [-0.2, 0) is 28.4 Å². The fraction of sp³-hybridized carbons (Fsp3) is 1.00. The zero-order valence-corrected chi connectivity index (χ0v) is 15.2. The van der Waals surface area contributed by atoms with Crippen LogP contribution in [-0.4, -0.2) is 101 Å². The maximum absolute atomic E-state index is 10.4. The van der Waals surface area contributed by atoms with E-state index in [-0.39, 0.29) is 6.61 Å². The number of ether oxygens (including phenoxy) is 6.